The normalized spacial score (nSPS) is 22.6. The predicted octanol–water partition coefficient (Wildman–Crippen LogP) is 0.312. The van der Waals surface area contributed by atoms with E-state index in [2.05, 4.69) is 22.1 Å². The molecule has 3 N–H and O–H groups in total. The van der Waals surface area contributed by atoms with Crippen LogP contribution in [0.5, 0.6) is 0 Å². The van der Waals surface area contributed by atoms with Crippen LogP contribution in [-0.2, 0) is 4.79 Å². The van der Waals surface area contributed by atoms with Gasteiger partial charge < -0.3 is 16.0 Å². The lowest BCUT2D eigenvalue weighted by Gasteiger charge is -2.30. The zero-order chi connectivity index (χ0) is 12.3. The highest BCUT2D eigenvalue weighted by Gasteiger charge is 2.23. The van der Waals surface area contributed by atoms with E-state index in [1.54, 1.807) is 0 Å². The van der Waals surface area contributed by atoms with Gasteiger partial charge >= 0.3 is 0 Å². The number of nitrogens with two attached hydrogens (primary N) is 1. The van der Waals surface area contributed by atoms with Gasteiger partial charge in [0.1, 0.15) is 6.54 Å². The van der Waals surface area contributed by atoms with Crippen LogP contribution in [0.4, 0.5) is 0 Å². The zero-order valence-electron chi connectivity index (χ0n) is 10.5. The summed E-state index contributed by atoms with van der Waals surface area (Å²) < 4.78 is 0. The molecule has 1 saturated heterocycles. The largest absolute Gasteiger partial charge is 0.370 e. The summed E-state index contributed by atoms with van der Waals surface area (Å²) >= 11 is 0. The van der Waals surface area contributed by atoms with E-state index in [9.17, 15) is 4.79 Å². The summed E-state index contributed by atoms with van der Waals surface area (Å²) in [6.07, 6.45) is 4.53. The Kier molecular flexibility index (Phi) is 3.86. The van der Waals surface area contributed by atoms with Crippen LogP contribution in [0.25, 0.3) is 0 Å². The van der Waals surface area contributed by atoms with Gasteiger partial charge in [-0.1, -0.05) is 6.92 Å². The summed E-state index contributed by atoms with van der Waals surface area (Å²) in [6, 6.07) is 0.398. The molecule has 1 saturated carbocycles. The first-order valence-electron chi connectivity index (χ1n) is 6.49. The fraction of sp³-hybridized carbons (Fsp3) is 0.833. The van der Waals surface area contributed by atoms with Gasteiger partial charge in [0.2, 0.25) is 5.91 Å². The number of carbonyl (C=O) groups excluding carboxylic acids is 1. The van der Waals surface area contributed by atoms with Crippen LogP contribution in [0.2, 0.25) is 0 Å². The van der Waals surface area contributed by atoms with E-state index in [0.717, 1.165) is 44.7 Å². The molecule has 0 aromatic heterocycles. The molecule has 2 aliphatic rings. The number of aliphatic imine (C=N–C) groups is 1. The van der Waals surface area contributed by atoms with Crippen molar-refractivity contribution in [3.63, 3.8) is 0 Å². The highest BCUT2D eigenvalue weighted by Crippen LogP contribution is 2.18. The van der Waals surface area contributed by atoms with Crippen molar-refractivity contribution < 1.29 is 4.79 Å². The van der Waals surface area contributed by atoms with Gasteiger partial charge in [-0.15, -0.1) is 0 Å². The van der Waals surface area contributed by atoms with Crippen LogP contribution in [0.15, 0.2) is 4.99 Å². The Morgan fingerprint density at radius 2 is 2.00 bits per heavy atom. The fourth-order valence-corrected chi connectivity index (χ4v) is 1.99. The molecule has 1 aliphatic carbocycles. The van der Waals surface area contributed by atoms with Gasteiger partial charge in [0, 0.05) is 19.1 Å². The van der Waals surface area contributed by atoms with E-state index in [4.69, 9.17) is 5.73 Å². The number of piperidine rings is 1. The molecular weight excluding hydrogens is 216 g/mol. The molecule has 1 heterocycles. The summed E-state index contributed by atoms with van der Waals surface area (Å²) in [6.45, 7) is 4.34. The first kappa shape index (κ1) is 12.2. The predicted molar refractivity (Wildman–Crippen MR) is 67.6 cm³/mol. The molecule has 5 nitrogen and oxygen atoms in total. The summed E-state index contributed by atoms with van der Waals surface area (Å²) in [4.78, 5) is 17.7. The van der Waals surface area contributed by atoms with E-state index in [1.165, 1.54) is 0 Å². The minimum absolute atomic E-state index is 0.0131. The van der Waals surface area contributed by atoms with Gasteiger partial charge in [-0.3, -0.25) is 4.79 Å². The summed E-state index contributed by atoms with van der Waals surface area (Å²) in [7, 11) is 0. The topological polar surface area (TPSA) is 70.7 Å². The maximum Gasteiger partial charge on any atom is 0.242 e. The lowest BCUT2D eigenvalue weighted by atomic mass is 10.00. The summed E-state index contributed by atoms with van der Waals surface area (Å²) in [5.74, 6) is 1.28. The van der Waals surface area contributed by atoms with Crippen molar-refractivity contribution >= 4 is 11.9 Å². The van der Waals surface area contributed by atoms with E-state index in [0.29, 0.717) is 12.0 Å². The van der Waals surface area contributed by atoms with Crippen LogP contribution >= 0.6 is 0 Å². The molecule has 0 unspecified atom stereocenters. The van der Waals surface area contributed by atoms with Crippen molar-refractivity contribution in [2.24, 2.45) is 16.6 Å². The summed E-state index contributed by atoms with van der Waals surface area (Å²) in [5, 5.41) is 2.90. The second-order valence-corrected chi connectivity index (χ2v) is 5.19. The van der Waals surface area contributed by atoms with Gasteiger partial charge in [-0.2, -0.15) is 0 Å². The van der Waals surface area contributed by atoms with Gasteiger partial charge in [-0.25, -0.2) is 4.99 Å². The first-order chi connectivity index (χ1) is 8.15. The Balaban J connectivity index is 1.73. The molecule has 2 rings (SSSR count). The Morgan fingerprint density at radius 3 is 2.59 bits per heavy atom. The number of nitrogens with zero attached hydrogens (tertiary/aromatic N) is 2. The SMILES string of the molecule is CC1CCN(C(N)=NCC(=O)NC2CC2)CC1. The minimum Gasteiger partial charge on any atom is -0.370 e. The molecule has 0 atom stereocenters. The monoisotopic (exact) mass is 238 g/mol. The van der Waals surface area contributed by atoms with Gasteiger partial charge in [0.25, 0.3) is 0 Å². The molecule has 1 amide bonds. The Bertz CT molecular complexity index is 304. The van der Waals surface area contributed by atoms with Crippen molar-refractivity contribution in [3.8, 4) is 0 Å². The third-order valence-corrected chi connectivity index (χ3v) is 3.43. The van der Waals surface area contributed by atoms with E-state index < -0.39 is 0 Å². The molecule has 0 aromatic carbocycles. The van der Waals surface area contributed by atoms with Crippen molar-refractivity contribution in [2.45, 2.75) is 38.6 Å². The second kappa shape index (κ2) is 5.38. The second-order valence-electron chi connectivity index (χ2n) is 5.19. The van der Waals surface area contributed by atoms with Crippen LogP contribution in [-0.4, -0.2) is 42.4 Å². The Labute approximate surface area is 102 Å². The molecule has 0 spiro atoms. The number of likely N-dealkylation sites (tertiary alicyclic amines) is 1. The van der Waals surface area contributed by atoms with Gasteiger partial charge in [-0.05, 0) is 31.6 Å². The maximum atomic E-state index is 11.4. The first-order valence-corrected chi connectivity index (χ1v) is 6.49. The maximum absolute atomic E-state index is 11.4. The number of carbonyl (C=O) groups is 1. The minimum atomic E-state index is -0.0131. The molecular formula is C12H22N4O. The van der Waals surface area contributed by atoms with Gasteiger partial charge in [0.05, 0.1) is 0 Å². The number of guanidine groups is 1. The van der Waals surface area contributed by atoms with Crippen molar-refractivity contribution in [3.05, 3.63) is 0 Å². The number of rotatable bonds is 3. The zero-order valence-corrected chi connectivity index (χ0v) is 10.5. The molecule has 0 radical (unpaired) electrons. The number of amides is 1. The molecule has 0 aromatic rings. The molecule has 5 heteroatoms. The number of hydrogen-bond acceptors (Lipinski definition) is 2. The smallest absolute Gasteiger partial charge is 0.242 e. The van der Waals surface area contributed by atoms with E-state index in [1.807, 2.05) is 0 Å². The molecule has 17 heavy (non-hydrogen) atoms. The summed E-state index contributed by atoms with van der Waals surface area (Å²) in [5.41, 5.74) is 5.88. The average molecular weight is 238 g/mol. The van der Waals surface area contributed by atoms with Crippen molar-refractivity contribution in [1.82, 2.24) is 10.2 Å². The lowest BCUT2D eigenvalue weighted by Crippen LogP contribution is -2.43. The lowest BCUT2D eigenvalue weighted by molar-refractivity contribution is -0.119. The quantitative estimate of drug-likeness (QED) is 0.549. The third kappa shape index (κ3) is 3.91. The third-order valence-electron chi connectivity index (χ3n) is 3.43. The Morgan fingerprint density at radius 1 is 1.35 bits per heavy atom. The molecule has 1 aliphatic heterocycles. The fourth-order valence-electron chi connectivity index (χ4n) is 1.99. The molecule has 2 fully saturated rings. The highest BCUT2D eigenvalue weighted by atomic mass is 16.2. The Hall–Kier alpha value is -1.26. The van der Waals surface area contributed by atoms with Crippen LogP contribution in [0, 0.1) is 5.92 Å². The average Bonchev–Trinajstić information content (AvgIpc) is 3.11. The van der Waals surface area contributed by atoms with E-state index in [-0.39, 0.29) is 12.5 Å². The number of hydrogen-bond donors (Lipinski definition) is 2. The van der Waals surface area contributed by atoms with Crippen molar-refractivity contribution in [2.75, 3.05) is 19.6 Å². The standard InChI is InChI=1S/C12H22N4O/c1-9-4-6-16(7-5-9)12(13)14-8-11(17)15-10-2-3-10/h9-10H,2-8H2,1H3,(H2,13,14)(H,15,17). The van der Waals surface area contributed by atoms with Crippen molar-refractivity contribution in [1.29, 1.82) is 0 Å². The highest BCUT2D eigenvalue weighted by molar-refractivity contribution is 5.84. The van der Waals surface area contributed by atoms with Crippen LogP contribution < -0.4 is 11.1 Å². The van der Waals surface area contributed by atoms with E-state index >= 15 is 0 Å². The number of nitrogens with one attached hydrogen (secondary N) is 1. The van der Waals surface area contributed by atoms with Crippen LogP contribution in [0.3, 0.4) is 0 Å². The van der Waals surface area contributed by atoms with Gasteiger partial charge in [0.15, 0.2) is 5.96 Å². The van der Waals surface area contributed by atoms with Crippen LogP contribution in [0.1, 0.15) is 32.6 Å². The molecule has 0 bridgehead atoms. The molecule has 96 valence electrons.